The van der Waals surface area contributed by atoms with Gasteiger partial charge in [-0.05, 0) is 31.9 Å². The monoisotopic (exact) mass is 460 g/mol. The number of piperidine rings is 1. The summed E-state index contributed by atoms with van der Waals surface area (Å²) in [4.78, 5) is 12.6. The van der Waals surface area contributed by atoms with E-state index in [-0.39, 0.29) is 27.2 Å². The third-order valence-corrected chi connectivity index (χ3v) is 7.19. The average Bonchev–Trinajstić information content (AvgIpc) is 3.14. The minimum absolute atomic E-state index is 0.0124. The summed E-state index contributed by atoms with van der Waals surface area (Å²) in [6.07, 6.45) is 5.65. The molecule has 0 unspecified atom stereocenters. The van der Waals surface area contributed by atoms with Crippen LogP contribution in [0, 0.1) is 0 Å². The highest BCUT2D eigenvalue weighted by atomic mass is 35.5. The van der Waals surface area contributed by atoms with Crippen molar-refractivity contribution in [1.82, 2.24) is 14.1 Å². The number of carbonyl (C=O) groups excluding carboxylic acids is 1. The zero-order valence-corrected chi connectivity index (χ0v) is 18.2. The third kappa shape index (κ3) is 5.10. The molecule has 1 aliphatic rings. The van der Waals surface area contributed by atoms with Crippen LogP contribution in [0.15, 0.2) is 29.4 Å². The number of benzene rings is 1. The Kier molecular flexibility index (Phi) is 7.18. The Morgan fingerprint density at radius 1 is 1.21 bits per heavy atom. The molecule has 0 spiro atoms. The first kappa shape index (κ1) is 22.0. The lowest BCUT2D eigenvalue weighted by Gasteiger charge is -2.26. The predicted octanol–water partition coefficient (Wildman–Crippen LogP) is 3.61. The number of hydrogen-bond donors (Lipinski definition) is 1. The smallest absolute Gasteiger partial charge is 0.257 e. The first-order valence-corrected chi connectivity index (χ1v) is 11.4. The van der Waals surface area contributed by atoms with Gasteiger partial charge in [-0.25, -0.2) is 13.1 Å². The summed E-state index contributed by atoms with van der Waals surface area (Å²) in [5, 5.41) is 6.78. The number of nitrogens with one attached hydrogen (secondary N) is 1. The van der Waals surface area contributed by atoms with Crippen LogP contribution >= 0.6 is 23.2 Å². The van der Waals surface area contributed by atoms with Crippen molar-refractivity contribution in [2.24, 2.45) is 0 Å². The van der Waals surface area contributed by atoms with Gasteiger partial charge >= 0.3 is 0 Å². The molecule has 2 aromatic rings. The molecule has 3 rings (SSSR count). The molecule has 1 aromatic carbocycles. The number of rotatable bonds is 7. The Balaban J connectivity index is 1.84. The maximum Gasteiger partial charge on any atom is 0.257 e. The van der Waals surface area contributed by atoms with Crippen molar-refractivity contribution < 1.29 is 17.9 Å². The molecule has 1 saturated heterocycles. The minimum Gasteiger partial charge on any atom is -0.360 e. The molecule has 1 amide bonds. The lowest BCUT2D eigenvalue weighted by Crippen LogP contribution is -2.35. The van der Waals surface area contributed by atoms with Gasteiger partial charge in [0.1, 0.15) is 11.6 Å². The SMILES string of the molecule is CCOCn1cc(NC(=O)c2cc(S(=O)(=O)N3CCCCC3)c(Cl)cc2Cl)cn1. The highest BCUT2D eigenvalue weighted by Crippen LogP contribution is 2.32. The number of anilines is 1. The van der Waals surface area contributed by atoms with Crippen molar-refractivity contribution >= 4 is 44.8 Å². The van der Waals surface area contributed by atoms with Gasteiger partial charge in [0.15, 0.2) is 0 Å². The third-order valence-electron chi connectivity index (χ3n) is 4.52. The Hall–Kier alpha value is -1.65. The Morgan fingerprint density at radius 3 is 2.62 bits per heavy atom. The number of halogens is 2. The lowest BCUT2D eigenvalue weighted by molar-refractivity contribution is 0.0792. The van der Waals surface area contributed by atoms with Crippen molar-refractivity contribution in [2.45, 2.75) is 37.8 Å². The van der Waals surface area contributed by atoms with Crippen LogP contribution in [0.25, 0.3) is 0 Å². The van der Waals surface area contributed by atoms with Gasteiger partial charge in [-0.15, -0.1) is 0 Å². The van der Waals surface area contributed by atoms with E-state index in [1.165, 1.54) is 27.3 Å². The van der Waals surface area contributed by atoms with Crippen molar-refractivity contribution in [3.8, 4) is 0 Å². The van der Waals surface area contributed by atoms with Gasteiger partial charge in [0, 0.05) is 19.7 Å². The van der Waals surface area contributed by atoms with Crippen LogP contribution in [0.2, 0.25) is 10.0 Å². The maximum absolute atomic E-state index is 13.0. The summed E-state index contributed by atoms with van der Waals surface area (Å²) in [5.74, 6) is -0.558. The summed E-state index contributed by atoms with van der Waals surface area (Å²) in [6, 6.07) is 2.52. The van der Waals surface area contributed by atoms with E-state index in [1.54, 1.807) is 6.20 Å². The predicted molar refractivity (Wildman–Crippen MR) is 111 cm³/mol. The zero-order chi connectivity index (χ0) is 21.0. The van der Waals surface area contributed by atoms with Gasteiger partial charge in [-0.3, -0.25) is 4.79 Å². The fourth-order valence-electron chi connectivity index (χ4n) is 3.03. The summed E-state index contributed by atoms with van der Waals surface area (Å²) < 4.78 is 34.2. The molecule has 158 valence electrons. The fourth-order valence-corrected chi connectivity index (χ4v) is 5.38. The van der Waals surface area contributed by atoms with Gasteiger partial charge < -0.3 is 10.1 Å². The normalized spacial score (nSPS) is 15.4. The number of aromatic nitrogens is 2. The number of ether oxygens (including phenoxy) is 1. The summed E-state index contributed by atoms with van der Waals surface area (Å²) in [6.45, 7) is 3.52. The number of hydrogen-bond acceptors (Lipinski definition) is 5. The Morgan fingerprint density at radius 2 is 1.93 bits per heavy atom. The molecule has 11 heteroatoms. The first-order valence-electron chi connectivity index (χ1n) is 9.23. The van der Waals surface area contributed by atoms with Crippen LogP contribution in [-0.2, 0) is 21.5 Å². The van der Waals surface area contributed by atoms with Gasteiger partial charge in [0.2, 0.25) is 10.0 Å². The van der Waals surface area contributed by atoms with Crippen molar-refractivity contribution in [2.75, 3.05) is 25.0 Å². The Bertz CT molecular complexity index is 988. The minimum atomic E-state index is -3.81. The highest BCUT2D eigenvalue weighted by molar-refractivity contribution is 7.89. The van der Waals surface area contributed by atoms with Crippen LogP contribution in [0.4, 0.5) is 5.69 Å². The fraction of sp³-hybridized carbons (Fsp3) is 0.444. The number of nitrogens with zero attached hydrogens (tertiary/aromatic N) is 3. The van der Waals surface area contributed by atoms with Gasteiger partial charge in [-0.2, -0.15) is 9.40 Å². The summed E-state index contributed by atoms with van der Waals surface area (Å²) in [7, 11) is -3.81. The van der Waals surface area contributed by atoms with Gasteiger partial charge in [-0.1, -0.05) is 29.6 Å². The zero-order valence-electron chi connectivity index (χ0n) is 15.9. The first-order chi connectivity index (χ1) is 13.8. The average molecular weight is 461 g/mol. The second-order valence-corrected chi connectivity index (χ2v) is 9.29. The van der Waals surface area contributed by atoms with E-state index >= 15 is 0 Å². The highest BCUT2D eigenvalue weighted by Gasteiger charge is 2.29. The molecule has 0 aliphatic carbocycles. The molecule has 0 radical (unpaired) electrons. The van der Waals surface area contributed by atoms with Crippen LogP contribution in [0.3, 0.4) is 0 Å². The van der Waals surface area contributed by atoms with Crippen LogP contribution < -0.4 is 5.32 Å². The van der Waals surface area contributed by atoms with Crippen molar-refractivity contribution in [1.29, 1.82) is 0 Å². The van der Waals surface area contributed by atoms with E-state index in [9.17, 15) is 13.2 Å². The molecule has 1 aromatic heterocycles. The summed E-state index contributed by atoms with van der Waals surface area (Å²) >= 11 is 12.4. The molecule has 29 heavy (non-hydrogen) atoms. The number of carbonyl (C=O) groups is 1. The molecule has 1 fully saturated rings. The molecule has 0 atom stereocenters. The van der Waals surface area contributed by atoms with E-state index in [4.69, 9.17) is 27.9 Å². The second kappa shape index (κ2) is 9.44. The van der Waals surface area contributed by atoms with E-state index in [0.717, 1.165) is 19.3 Å². The topological polar surface area (TPSA) is 93.5 Å². The van der Waals surface area contributed by atoms with Crippen molar-refractivity contribution in [3.05, 3.63) is 40.1 Å². The maximum atomic E-state index is 13.0. The molecule has 1 aliphatic heterocycles. The quantitative estimate of drug-likeness (QED) is 0.680. The van der Waals surface area contributed by atoms with Gasteiger partial charge in [0.25, 0.3) is 5.91 Å². The molecule has 2 heterocycles. The number of amides is 1. The molecular formula is C18H22Cl2N4O4S. The van der Waals surface area contributed by atoms with E-state index < -0.39 is 15.9 Å². The second-order valence-electron chi connectivity index (χ2n) is 6.57. The van der Waals surface area contributed by atoms with Crippen LogP contribution in [-0.4, -0.2) is 48.1 Å². The summed E-state index contributed by atoms with van der Waals surface area (Å²) in [5.41, 5.74) is 0.449. The largest absolute Gasteiger partial charge is 0.360 e. The molecule has 0 saturated carbocycles. The van der Waals surface area contributed by atoms with E-state index in [2.05, 4.69) is 10.4 Å². The molecular weight excluding hydrogens is 439 g/mol. The number of sulfonamides is 1. The van der Waals surface area contributed by atoms with Gasteiger partial charge in [0.05, 0.1) is 33.7 Å². The van der Waals surface area contributed by atoms with Crippen molar-refractivity contribution in [3.63, 3.8) is 0 Å². The van der Waals surface area contributed by atoms with E-state index in [0.29, 0.717) is 25.4 Å². The van der Waals surface area contributed by atoms with E-state index in [1.807, 2.05) is 6.92 Å². The molecule has 1 N–H and O–H groups in total. The molecule has 8 nitrogen and oxygen atoms in total. The van der Waals surface area contributed by atoms with Crippen LogP contribution in [0.5, 0.6) is 0 Å². The standard InChI is InChI=1S/C18H22Cl2N4O4S/c1-2-28-12-23-11-13(10-21-23)22-18(25)14-8-17(16(20)9-15(14)19)29(26,27)24-6-4-3-5-7-24/h8-11H,2-7,12H2,1H3,(H,22,25). The molecule has 0 bridgehead atoms. The van der Waals surface area contributed by atoms with Crippen LogP contribution in [0.1, 0.15) is 36.5 Å². The Labute approximate surface area is 179 Å². The lowest BCUT2D eigenvalue weighted by atomic mass is 10.2.